The molecule has 1 unspecified atom stereocenters. The lowest BCUT2D eigenvalue weighted by molar-refractivity contribution is -0.0619. The molecule has 0 spiro atoms. The van der Waals surface area contributed by atoms with E-state index in [0.717, 1.165) is 24.4 Å². The summed E-state index contributed by atoms with van der Waals surface area (Å²) >= 11 is 6.08. The Balaban J connectivity index is 1.77. The summed E-state index contributed by atoms with van der Waals surface area (Å²) in [6.45, 7) is 4.49. The number of ether oxygens (including phenoxy) is 2. The van der Waals surface area contributed by atoms with Crippen molar-refractivity contribution in [3.05, 3.63) is 10.8 Å². The number of hydrogen-bond donors (Lipinski definition) is 6. The van der Waals surface area contributed by atoms with E-state index < -0.39 is 51.2 Å². The molecule has 1 aromatic heterocycles. The number of rotatable bonds is 11. The molecule has 6 N–H and O–H groups in total. The Morgan fingerprint density at radius 1 is 1.38 bits per heavy atom. The second kappa shape index (κ2) is 10.2. The fourth-order valence-corrected chi connectivity index (χ4v) is 3.89. The quantitative estimate of drug-likeness (QED) is 0.101. The smallest absolute Gasteiger partial charge is 0.356 e. The van der Waals surface area contributed by atoms with Gasteiger partial charge in [-0.3, -0.25) is 4.57 Å². The zero-order valence-electron chi connectivity index (χ0n) is 17.3. The van der Waals surface area contributed by atoms with Crippen LogP contribution in [0.15, 0.2) is 5.10 Å². The van der Waals surface area contributed by atoms with Gasteiger partial charge < -0.3 is 39.9 Å². The van der Waals surface area contributed by atoms with Crippen LogP contribution < -0.4 is 10.3 Å². The zero-order chi connectivity index (χ0) is 23.6. The third-order valence-electron chi connectivity index (χ3n) is 5.28. The van der Waals surface area contributed by atoms with Crippen molar-refractivity contribution in [3.8, 4) is 0 Å². The maximum atomic E-state index is 11.3. The van der Waals surface area contributed by atoms with Gasteiger partial charge in [0, 0.05) is 18.8 Å². The number of hydrogen-bond acceptors (Lipinski definition) is 11. The van der Waals surface area contributed by atoms with Gasteiger partial charge in [0.15, 0.2) is 17.9 Å². The Bertz CT molecular complexity index is 872. The fraction of sp³-hybridized carbons (Fsp3) is 0.706. The van der Waals surface area contributed by atoms with E-state index in [-0.39, 0.29) is 11.1 Å². The molecule has 1 aliphatic heterocycles. The van der Waals surface area contributed by atoms with Crippen LogP contribution in [-0.4, -0.2) is 91.9 Å². The standard InChI is InChI=1S/C17H27ClN5O8P/c1-8-14(20-5-9-3-4-9)21-17(18)22-15(8)23(19-2)16-13(26)12(25)10(31-16)7-30-11(6-24)32(27,28)29/h9-13,16,24-26H,2-7H2,1H3,(H,20,21,22)(H2,27,28,29)/t10-,11?,12-,13-,16-/m1/s1. The first kappa shape index (κ1) is 25.2. The van der Waals surface area contributed by atoms with Gasteiger partial charge in [0.2, 0.25) is 5.28 Å². The summed E-state index contributed by atoms with van der Waals surface area (Å²) in [4.78, 5) is 26.7. The van der Waals surface area contributed by atoms with Gasteiger partial charge in [0.25, 0.3) is 0 Å². The second-order valence-electron chi connectivity index (χ2n) is 7.71. The second-order valence-corrected chi connectivity index (χ2v) is 9.80. The number of nitrogens with zero attached hydrogens (tertiary/aromatic N) is 4. The van der Waals surface area contributed by atoms with Crippen molar-refractivity contribution in [2.24, 2.45) is 11.0 Å². The van der Waals surface area contributed by atoms with E-state index in [1.54, 1.807) is 6.92 Å². The third kappa shape index (κ3) is 5.74. The third-order valence-corrected chi connectivity index (χ3v) is 6.51. The van der Waals surface area contributed by atoms with Crippen LogP contribution in [0.2, 0.25) is 5.28 Å². The van der Waals surface area contributed by atoms with Crippen LogP contribution in [0.4, 0.5) is 11.6 Å². The van der Waals surface area contributed by atoms with Crippen molar-refractivity contribution in [1.82, 2.24) is 9.97 Å². The van der Waals surface area contributed by atoms with Crippen LogP contribution in [-0.2, 0) is 14.0 Å². The fourth-order valence-electron chi connectivity index (χ4n) is 3.24. The molecule has 15 heteroatoms. The van der Waals surface area contributed by atoms with Crippen LogP contribution >= 0.6 is 19.2 Å². The molecule has 0 radical (unpaired) electrons. The van der Waals surface area contributed by atoms with Crippen molar-refractivity contribution in [1.29, 1.82) is 0 Å². The number of aliphatic hydroxyl groups excluding tert-OH is 3. The first-order chi connectivity index (χ1) is 15.1. The van der Waals surface area contributed by atoms with Crippen molar-refractivity contribution in [2.45, 2.75) is 50.2 Å². The van der Waals surface area contributed by atoms with Gasteiger partial charge in [-0.2, -0.15) is 10.1 Å². The van der Waals surface area contributed by atoms with Gasteiger partial charge in [0.05, 0.1) is 13.2 Å². The molecule has 1 aliphatic carbocycles. The van der Waals surface area contributed by atoms with E-state index >= 15 is 0 Å². The van der Waals surface area contributed by atoms with Crippen molar-refractivity contribution < 1.29 is 39.1 Å². The predicted octanol–water partition coefficient (Wildman–Crippen LogP) is -0.358. The molecule has 2 aliphatic rings. The Hall–Kier alpha value is -1.41. The molecule has 2 heterocycles. The molecule has 180 valence electrons. The normalized spacial score (nSPS) is 26.7. The number of nitrogens with one attached hydrogen (secondary N) is 1. The van der Waals surface area contributed by atoms with E-state index in [0.29, 0.717) is 17.3 Å². The summed E-state index contributed by atoms with van der Waals surface area (Å²) < 4.78 is 22.0. The molecule has 0 amide bonds. The average molecular weight is 496 g/mol. The number of aliphatic hydroxyl groups is 3. The van der Waals surface area contributed by atoms with Gasteiger partial charge >= 0.3 is 7.60 Å². The number of hydrazone groups is 1. The highest BCUT2D eigenvalue weighted by molar-refractivity contribution is 7.52. The molecular formula is C17H27ClN5O8P. The zero-order valence-corrected chi connectivity index (χ0v) is 18.9. The van der Waals surface area contributed by atoms with Crippen molar-refractivity contribution in [3.63, 3.8) is 0 Å². The van der Waals surface area contributed by atoms with Gasteiger partial charge in [-0.05, 0) is 37.3 Å². The minimum absolute atomic E-state index is 0.0714. The largest absolute Gasteiger partial charge is 0.393 e. The maximum Gasteiger partial charge on any atom is 0.356 e. The van der Waals surface area contributed by atoms with E-state index in [1.165, 1.54) is 0 Å². The van der Waals surface area contributed by atoms with Crippen LogP contribution in [0.3, 0.4) is 0 Å². The SMILES string of the molecule is C=NN(c1nc(Cl)nc(NCC2CC2)c1C)[C@@H]1O[C@H](COC(CO)P(=O)(O)O)[C@@H](O)[C@H]1O. The monoisotopic (exact) mass is 495 g/mol. The lowest BCUT2D eigenvalue weighted by atomic mass is 10.1. The van der Waals surface area contributed by atoms with E-state index in [2.05, 4.69) is 27.1 Å². The highest BCUT2D eigenvalue weighted by Crippen LogP contribution is 2.42. The summed E-state index contributed by atoms with van der Waals surface area (Å²) in [7, 11) is -4.73. The lowest BCUT2D eigenvalue weighted by Crippen LogP contribution is -2.42. The minimum atomic E-state index is -4.73. The van der Waals surface area contributed by atoms with Gasteiger partial charge in [-0.1, -0.05) is 0 Å². The molecule has 5 atom stereocenters. The first-order valence-corrected chi connectivity index (χ1v) is 12.0. The molecular weight excluding hydrogens is 469 g/mol. The molecule has 32 heavy (non-hydrogen) atoms. The number of anilines is 2. The summed E-state index contributed by atoms with van der Waals surface area (Å²) in [6, 6.07) is 0. The summed E-state index contributed by atoms with van der Waals surface area (Å²) in [5.74, 6) is -0.529. The molecule has 2 fully saturated rings. The topological polar surface area (TPSA) is 190 Å². The average Bonchev–Trinajstić information content (AvgIpc) is 3.51. The van der Waals surface area contributed by atoms with Crippen molar-refractivity contribution >= 4 is 37.5 Å². The van der Waals surface area contributed by atoms with E-state index in [4.69, 9.17) is 36.0 Å². The van der Waals surface area contributed by atoms with Crippen LogP contribution in [0.5, 0.6) is 0 Å². The van der Waals surface area contributed by atoms with Crippen molar-refractivity contribution in [2.75, 3.05) is 30.1 Å². The van der Waals surface area contributed by atoms with Crippen LogP contribution in [0, 0.1) is 12.8 Å². The molecule has 0 bridgehead atoms. The molecule has 1 aromatic rings. The van der Waals surface area contributed by atoms with Gasteiger partial charge in [-0.15, -0.1) is 0 Å². The van der Waals surface area contributed by atoms with Crippen LogP contribution in [0.25, 0.3) is 0 Å². The first-order valence-electron chi connectivity index (χ1n) is 9.90. The Labute approximate surface area is 189 Å². The number of halogens is 1. The van der Waals surface area contributed by atoms with Crippen LogP contribution in [0.1, 0.15) is 18.4 Å². The molecule has 1 saturated carbocycles. The lowest BCUT2D eigenvalue weighted by Gasteiger charge is -2.28. The highest BCUT2D eigenvalue weighted by Gasteiger charge is 2.47. The van der Waals surface area contributed by atoms with Gasteiger partial charge in [-0.25, -0.2) is 9.99 Å². The Morgan fingerprint density at radius 3 is 2.62 bits per heavy atom. The van der Waals surface area contributed by atoms with Gasteiger partial charge in [0.1, 0.15) is 24.1 Å². The maximum absolute atomic E-state index is 11.3. The summed E-state index contributed by atoms with van der Waals surface area (Å²) in [5, 5.41) is 38.2. The summed E-state index contributed by atoms with van der Waals surface area (Å²) in [6.07, 6.45) is -3.12. The molecule has 0 aromatic carbocycles. The summed E-state index contributed by atoms with van der Waals surface area (Å²) in [5.41, 5.74) is 0.564. The highest BCUT2D eigenvalue weighted by atomic mass is 35.5. The predicted molar refractivity (Wildman–Crippen MR) is 115 cm³/mol. The minimum Gasteiger partial charge on any atom is -0.393 e. The number of aromatic nitrogens is 2. The molecule has 3 rings (SSSR count). The van der Waals surface area contributed by atoms with E-state index in [9.17, 15) is 14.8 Å². The Morgan fingerprint density at radius 2 is 2.06 bits per heavy atom. The molecule has 1 saturated heterocycles. The Kier molecular flexibility index (Phi) is 8.07. The van der Waals surface area contributed by atoms with E-state index in [1.807, 2.05) is 0 Å². The molecule has 13 nitrogen and oxygen atoms in total.